The van der Waals surface area contributed by atoms with Gasteiger partial charge in [-0.15, -0.1) is 11.3 Å². The summed E-state index contributed by atoms with van der Waals surface area (Å²) in [4.78, 5) is 26.7. The first-order valence-electron chi connectivity index (χ1n) is 9.14. The van der Waals surface area contributed by atoms with E-state index in [1.54, 1.807) is 21.0 Å². The fraction of sp³-hybridized carbons (Fsp3) is 0.381. The van der Waals surface area contributed by atoms with Gasteiger partial charge in [0.2, 0.25) is 0 Å². The van der Waals surface area contributed by atoms with Crippen molar-refractivity contribution in [3.05, 3.63) is 50.9 Å². The second-order valence-electron chi connectivity index (χ2n) is 7.13. The molecule has 2 aromatic rings. The topological polar surface area (TPSA) is 70.7 Å². The van der Waals surface area contributed by atoms with Crippen LogP contribution in [0.15, 0.2) is 18.2 Å². The Hall–Kier alpha value is -2.45. The molecule has 2 N–H and O–H groups in total. The Morgan fingerprint density at radius 2 is 1.86 bits per heavy atom. The summed E-state index contributed by atoms with van der Waals surface area (Å²) < 4.78 is 4.91. The molecule has 2 rings (SSSR count). The summed E-state index contributed by atoms with van der Waals surface area (Å²) in [5.41, 5.74) is 4.39. The molecule has 1 amide bonds. The van der Waals surface area contributed by atoms with Crippen LogP contribution in [0.25, 0.3) is 0 Å². The minimum Gasteiger partial charge on any atom is -0.465 e. The monoisotopic (exact) mass is 433 g/mol. The van der Waals surface area contributed by atoms with Gasteiger partial charge in [0.1, 0.15) is 5.00 Å². The molecule has 0 radical (unpaired) electrons. The van der Waals surface area contributed by atoms with Gasteiger partial charge < -0.3 is 20.3 Å². The molecule has 0 bridgehead atoms. The highest BCUT2D eigenvalue weighted by atomic mass is 32.1. The van der Waals surface area contributed by atoms with Crippen molar-refractivity contribution in [2.75, 3.05) is 26.5 Å². The van der Waals surface area contributed by atoms with Crippen LogP contribution in [0.4, 0.5) is 5.00 Å². The zero-order chi connectivity index (χ0) is 21.9. The van der Waals surface area contributed by atoms with Crippen molar-refractivity contribution in [2.24, 2.45) is 0 Å². The molecule has 1 aromatic heterocycles. The van der Waals surface area contributed by atoms with Crippen LogP contribution in [-0.4, -0.2) is 43.1 Å². The van der Waals surface area contributed by atoms with E-state index in [0.717, 1.165) is 5.56 Å². The molecule has 0 spiro atoms. The van der Waals surface area contributed by atoms with E-state index >= 15 is 0 Å². The van der Waals surface area contributed by atoms with Crippen molar-refractivity contribution in [3.8, 4) is 0 Å². The molecule has 1 aromatic carbocycles. The maximum Gasteiger partial charge on any atom is 0.341 e. The van der Waals surface area contributed by atoms with Gasteiger partial charge in [0.05, 0.1) is 23.6 Å². The van der Waals surface area contributed by atoms with Crippen molar-refractivity contribution >= 4 is 45.5 Å². The number of hydrogen-bond donors (Lipinski definition) is 2. The lowest BCUT2D eigenvalue weighted by atomic mass is 10.0. The smallest absolute Gasteiger partial charge is 0.341 e. The van der Waals surface area contributed by atoms with Gasteiger partial charge in [-0.3, -0.25) is 4.79 Å². The standard InChI is InChI=1S/C21H27N3O3S2/c1-11-8-9-12(2)15(10-11)14(4)22-21(28)23-18-16(20(26)27-7)13(3)17(29-18)19(25)24(5)6/h8-10,14H,1-7H3,(H2,22,23,28). The molecule has 0 saturated carbocycles. The maximum atomic E-state index is 12.5. The van der Waals surface area contributed by atoms with Crippen LogP contribution in [0.3, 0.4) is 0 Å². The molecule has 0 aliphatic rings. The number of rotatable bonds is 5. The van der Waals surface area contributed by atoms with Crippen LogP contribution in [0.5, 0.6) is 0 Å². The number of carbonyl (C=O) groups is 2. The number of anilines is 1. The van der Waals surface area contributed by atoms with E-state index in [0.29, 0.717) is 26.1 Å². The number of aryl methyl sites for hydroxylation is 2. The summed E-state index contributed by atoms with van der Waals surface area (Å²) in [7, 11) is 4.66. The molecule has 1 unspecified atom stereocenters. The number of hydrogen-bond acceptors (Lipinski definition) is 5. The number of esters is 1. The van der Waals surface area contributed by atoms with Crippen molar-refractivity contribution < 1.29 is 14.3 Å². The molecule has 0 aliphatic carbocycles. The summed E-state index contributed by atoms with van der Waals surface area (Å²) >= 11 is 6.67. The first kappa shape index (κ1) is 22.8. The van der Waals surface area contributed by atoms with Crippen molar-refractivity contribution in [1.82, 2.24) is 10.2 Å². The Morgan fingerprint density at radius 1 is 1.21 bits per heavy atom. The summed E-state index contributed by atoms with van der Waals surface area (Å²) in [6.07, 6.45) is 0. The summed E-state index contributed by atoms with van der Waals surface area (Å²) in [5.74, 6) is -0.683. The number of ether oxygens (including phenoxy) is 1. The van der Waals surface area contributed by atoms with Gasteiger partial charge in [0.15, 0.2) is 5.11 Å². The molecule has 0 saturated heterocycles. The van der Waals surface area contributed by atoms with Gasteiger partial charge in [-0.1, -0.05) is 23.8 Å². The molecular weight excluding hydrogens is 406 g/mol. The third-order valence-electron chi connectivity index (χ3n) is 4.61. The number of thiocarbonyl (C=S) groups is 1. The van der Waals surface area contributed by atoms with Crippen LogP contribution >= 0.6 is 23.6 Å². The molecule has 6 nitrogen and oxygen atoms in total. The Kier molecular flexibility index (Phi) is 7.37. The van der Waals surface area contributed by atoms with E-state index in [9.17, 15) is 9.59 Å². The van der Waals surface area contributed by atoms with E-state index in [1.807, 2.05) is 13.8 Å². The minimum atomic E-state index is -0.510. The molecule has 8 heteroatoms. The largest absolute Gasteiger partial charge is 0.465 e. The third-order valence-corrected chi connectivity index (χ3v) is 6.03. The lowest BCUT2D eigenvalue weighted by Gasteiger charge is -2.19. The summed E-state index contributed by atoms with van der Waals surface area (Å²) in [5, 5.41) is 7.20. The summed E-state index contributed by atoms with van der Waals surface area (Å²) in [6.45, 7) is 7.87. The van der Waals surface area contributed by atoms with Crippen LogP contribution in [0, 0.1) is 20.8 Å². The van der Waals surface area contributed by atoms with Crippen LogP contribution < -0.4 is 10.6 Å². The number of benzene rings is 1. The Balaban J connectivity index is 2.29. The molecule has 156 valence electrons. The highest BCUT2D eigenvalue weighted by molar-refractivity contribution is 7.80. The van der Waals surface area contributed by atoms with Crippen LogP contribution in [0.1, 0.15) is 55.2 Å². The number of methoxy groups -OCH3 is 1. The highest BCUT2D eigenvalue weighted by Crippen LogP contribution is 2.34. The van der Waals surface area contributed by atoms with E-state index in [4.69, 9.17) is 17.0 Å². The number of carbonyl (C=O) groups excluding carboxylic acids is 2. The van der Waals surface area contributed by atoms with Gasteiger partial charge >= 0.3 is 5.97 Å². The lowest BCUT2D eigenvalue weighted by Crippen LogP contribution is -2.31. The van der Waals surface area contributed by atoms with Gasteiger partial charge in [-0.2, -0.15) is 0 Å². The van der Waals surface area contributed by atoms with Gasteiger partial charge in [0.25, 0.3) is 5.91 Å². The van der Waals surface area contributed by atoms with Gasteiger partial charge in [-0.25, -0.2) is 4.79 Å². The number of amides is 1. The number of nitrogens with one attached hydrogen (secondary N) is 2. The first-order valence-corrected chi connectivity index (χ1v) is 10.4. The molecule has 0 fully saturated rings. The van der Waals surface area contributed by atoms with E-state index < -0.39 is 5.97 Å². The Labute approximate surface area is 181 Å². The van der Waals surface area contributed by atoms with Crippen molar-refractivity contribution in [3.63, 3.8) is 0 Å². The zero-order valence-corrected chi connectivity index (χ0v) is 19.4. The maximum absolute atomic E-state index is 12.5. The highest BCUT2D eigenvalue weighted by Gasteiger charge is 2.26. The minimum absolute atomic E-state index is 0.0274. The third kappa shape index (κ3) is 5.13. The molecule has 1 atom stereocenters. The normalized spacial score (nSPS) is 11.6. The SMILES string of the molecule is COC(=O)c1c(NC(=S)NC(C)c2cc(C)ccc2C)sc(C(=O)N(C)C)c1C. The van der Waals surface area contributed by atoms with Gasteiger partial charge in [0, 0.05) is 14.1 Å². The number of nitrogens with zero attached hydrogens (tertiary/aromatic N) is 1. The predicted octanol–water partition coefficient (Wildman–Crippen LogP) is 4.21. The quantitative estimate of drug-likeness (QED) is 0.544. The van der Waals surface area contributed by atoms with Crippen molar-refractivity contribution in [1.29, 1.82) is 0 Å². The Morgan fingerprint density at radius 3 is 2.45 bits per heavy atom. The number of thiophene rings is 1. The summed E-state index contributed by atoms with van der Waals surface area (Å²) in [6, 6.07) is 6.25. The van der Waals surface area contributed by atoms with Crippen molar-refractivity contribution in [2.45, 2.75) is 33.7 Å². The molecule has 29 heavy (non-hydrogen) atoms. The van der Waals surface area contributed by atoms with E-state index in [2.05, 4.69) is 35.8 Å². The van der Waals surface area contributed by atoms with Gasteiger partial charge in [-0.05, 0) is 56.6 Å². The average Bonchev–Trinajstić information content (AvgIpc) is 2.97. The lowest BCUT2D eigenvalue weighted by molar-refractivity contribution is 0.0601. The van der Waals surface area contributed by atoms with E-state index in [-0.39, 0.29) is 11.9 Å². The van der Waals surface area contributed by atoms with Crippen LogP contribution in [-0.2, 0) is 4.74 Å². The molecule has 1 heterocycles. The fourth-order valence-corrected chi connectivity index (χ4v) is 4.56. The molecule has 0 aliphatic heterocycles. The Bertz CT molecular complexity index is 951. The zero-order valence-electron chi connectivity index (χ0n) is 17.8. The fourth-order valence-electron chi connectivity index (χ4n) is 3.00. The second kappa shape index (κ2) is 9.37. The first-order chi connectivity index (χ1) is 13.6. The predicted molar refractivity (Wildman–Crippen MR) is 122 cm³/mol. The molecular formula is C21H27N3O3S2. The average molecular weight is 434 g/mol. The van der Waals surface area contributed by atoms with E-state index in [1.165, 1.54) is 34.5 Å². The van der Waals surface area contributed by atoms with Crippen LogP contribution in [0.2, 0.25) is 0 Å². The second-order valence-corrected chi connectivity index (χ2v) is 8.56.